The molecule has 2 aromatic rings. The van der Waals surface area contributed by atoms with Crippen LogP contribution in [0.3, 0.4) is 0 Å². The van der Waals surface area contributed by atoms with Gasteiger partial charge in [-0.15, -0.1) is 0 Å². The molecule has 1 saturated heterocycles. The molecule has 15 heavy (non-hydrogen) atoms. The Balaban J connectivity index is 1.91. The van der Waals surface area contributed by atoms with Gasteiger partial charge in [0.2, 0.25) is 0 Å². The summed E-state index contributed by atoms with van der Waals surface area (Å²) < 4.78 is 0. The number of imidazole rings is 1. The summed E-state index contributed by atoms with van der Waals surface area (Å²) >= 11 is 0. The Morgan fingerprint density at radius 3 is 3.07 bits per heavy atom. The molecule has 2 N–H and O–H groups in total. The zero-order valence-electron chi connectivity index (χ0n) is 8.75. The summed E-state index contributed by atoms with van der Waals surface area (Å²) in [4.78, 5) is 12.1. The van der Waals surface area contributed by atoms with Crippen molar-refractivity contribution in [3.63, 3.8) is 0 Å². The molecule has 1 aliphatic heterocycles. The van der Waals surface area contributed by atoms with Crippen molar-refractivity contribution in [2.45, 2.75) is 13.3 Å². The van der Waals surface area contributed by atoms with E-state index in [4.69, 9.17) is 0 Å². The first-order chi connectivity index (χ1) is 7.31. The number of nitrogens with zero attached hydrogens (tertiary/aromatic N) is 2. The van der Waals surface area contributed by atoms with Crippen LogP contribution in [0.1, 0.15) is 11.4 Å². The highest BCUT2D eigenvalue weighted by atomic mass is 15.0. The van der Waals surface area contributed by atoms with Crippen molar-refractivity contribution in [2.24, 2.45) is 5.92 Å². The molecule has 0 aromatic carbocycles. The van der Waals surface area contributed by atoms with Crippen molar-refractivity contribution >= 4 is 11.2 Å². The Morgan fingerprint density at radius 2 is 2.33 bits per heavy atom. The Hall–Kier alpha value is -1.42. The van der Waals surface area contributed by atoms with Crippen LogP contribution in [-0.4, -0.2) is 28.0 Å². The number of hydrogen-bond acceptors (Lipinski definition) is 3. The Labute approximate surface area is 88.1 Å². The molecule has 3 rings (SSSR count). The molecule has 1 aliphatic rings. The predicted octanol–water partition coefficient (Wildman–Crippen LogP) is 1.03. The molecule has 2 aromatic heterocycles. The smallest absolute Gasteiger partial charge is 0.177 e. The third-order valence-electron chi connectivity index (χ3n) is 2.87. The van der Waals surface area contributed by atoms with Crippen LogP contribution in [-0.2, 0) is 6.42 Å². The van der Waals surface area contributed by atoms with Gasteiger partial charge < -0.3 is 10.3 Å². The van der Waals surface area contributed by atoms with Crippen molar-refractivity contribution in [3.05, 3.63) is 23.7 Å². The molecule has 4 nitrogen and oxygen atoms in total. The van der Waals surface area contributed by atoms with E-state index in [0.717, 1.165) is 42.4 Å². The van der Waals surface area contributed by atoms with E-state index in [0.29, 0.717) is 0 Å². The second-order valence-corrected chi connectivity index (χ2v) is 4.30. The van der Waals surface area contributed by atoms with E-state index in [2.05, 4.69) is 26.3 Å². The van der Waals surface area contributed by atoms with Gasteiger partial charge in [-0.3, -0.25) is 0 Å². The van der Waals surface area contributed by atoms with E-state index in [1.807, 2.05) is 13.1 Å². The van der Waals surface area contributed by atoms with Crippen molar-refractivity contribution in [1.82, 2.24) is 20.3 Å². The fourth-order valence-electron chi connectivity index (χ4n) is 1.92. The van der Waals surface area contributed by atoms with Crippen LogP contribution in [0.5, 0.6) is 0 Å². The number of H-pyrrole nitrogens is 1. The summed E-state index contributed by atoms with van der Waals surface area (Å²) in [6.07, 6.45) is 2.89. The van der Waals surface area contributed by atoms with Crippen molar-refractivity contribution in [1.29, 1.82) is 0 Å². The minimum Gasteiger partial charge on any atom is -0.341 e. The number of rotatable bonds is 2. The van der Waals surface area contributed by atoms with Gasteiger partial charge in [0.15, 0.2) is 5.65 Å². The van der Waals surface area contributed by atoms with E-state index < -0.39 is 0 Å². The molecule has 0 spiro atoms. The molecule has 0 unspecified atom stereocenters. The molecule has 0 aliphatic carbocycles. The molecule has 3 heterocycles. The van der Waals surface area contributed by atoms with Crippen LogP contribution in [0.2, 0.25) is 0 Å². The summed E-state index contributed by atoms with van der Waals surface area (Å²) in [6.45, 7) is 4.27. The minimum absolute atomic E-state index is 0.742. The summed E-state index contributed by atoms with van der Waals surface area (Å²) in [7, 11) is 0. The Kier molecular flexibility index (Phi) is 1.95. The van der Waals surface area contributed by atoms with Crippen LogP contribution >= 0.6 is 0 Å². The molecule has 0 amide bonds. The molecule has 0 saturated carbocycles. The third-order valence-corrected chi connectivity index (χ3v) is 2.87. The average molecular weight is 202 g/mol. The van der Waals surface area contributed by atoms with E-state index in [1.165, 1.54) is 5.56 Å². The second-order valence-electron chi connectivity index (χ2n) is 4.30. The van der Waals surface area contributed by atoms with Crippen molar-refractivity contribution in [2.75, 3.05) is 13.1 Å². The highest BCUT2D eigenvalue weighted by Crippen LogP contribution is 2.14. The van der Waals surface area contributed by atoms with E-state index in [9.17, 15) is 0 Å². The molecule has 0 atom stereocenters. The van der Waals surface area contributed by atoms with Crippen LogP contribution < -0.4 is 5.32 Å². The first-order valence-corrected chi connectivity index (χ1v) is 5.33. The average Bonchev–Trinajstić information content (AvgIpc) is 2.53. The first kappa shape index (κ1) is 8.85. The van der Waals surface area contributed by atoms with E-state index >= 15 is 0 Å². The lowest BCUT2D eigenvalue weighted by atomic mass is 9.99. The van der Waals surface area contributed by atoms with Gasteiger partial charge in [-0.25, -0.2) is 9.97 Å². The number of aromatic amines is 1. The lowest BCUT2D eigenvalue weighted by Crippen LogP contribution is -2.43. The highest BCUT2D eigenvalue weighted by molar-refractivity contribution is 5.70. The third kappa shape index (κ3) is 1.61. The standard InChI is InChI=1S/C11H14N4/c1-7-2-9-11(13-4-7)15-10(14-9)3-8-5-12-6-8/h2,4,8,12H,3,5-6H2,1H3,(H,13,14,15). The molecular formula is C11H14N4. The first-order valence-electron chi connectivity index (χ1n) is 5.33. The van der Waals surface area contributed by atoms with Gasteiger partial charge in [0.25, 0.3) is 0 Å². The number of hydrogen-bond donors (Lipinski definition) is 2. The molecule has 78 valence electrons. The maximum atomic E-state index is 4.48. The highest BCUT2D eigenvalue weighted by Gasteiger charge is 2.18. The van der Waals surface area contributed by atoms with Gasteiger partial charge in [0.1, 0.15) is 5.82 Å². The minimum atomic E-state index is 0.742. The predicted molar refractivity (Wildman–Crippen MR) is 58.7 cm³/mol. The van der Waals surface area contributed by atoms with Crippen LogP contribution in [0.15, 0.2) is 12.3 Å². The largest absolute Gasteiger partial charge is 0.341 e. The lowest BCUT2D eigenvalue weighted by molar-refractivity contribution is 0.342. The van der Waals surface area contributed by atoms with Gasteiger partial charge in [0.05, 0.1) is 5.52 Å². The second kappa shape index (κ2) is 3.31. The zero-order chi connectivity index (χ0) is 10.3. The number of nitrogens with one attached hydrogen (secondary N) is 2. The maximum Gasteiger partial charge on any atom is 0.177 e. The zero-order valence-corrected chi connectivity index (χ0v) is 8.75. The van der Waals surface area contributed by atoms with Crippen LogP contribution in [0, 0.1) is 12.8 Å². The summed E-state index contributed by atoms with van der Waals surface area (Å²) in [5, 5.41) is 3.27. The number of fused-ring (bicyclic) bond motifs is 1. The lowest BCUT2D eigenvalue weighted by Gasteiger charge is -2.25. The number of aryl methyl sites for hydroxylation is 1. The Bertz CT molecular complexity index is 484. The molecule has 0 bridgehead atoms. The fraction of sp³-hybridized carbons (Fsp3) is 0.455. The molecular weight excluding hydrogens is 188 g/mol. The van der Waals surface area contributed by atoms with Crippen molar-refractivity contribution in [3.8, 4) is 0 Å². The van der Waals surface area contributed by atoms with Gasteiger partial charge in [-0.1, -0.05) is 0 Å². The summed E-state index contributed by atoms with van der Waals surface area (Å²) in [6, 6.07) is 2.10. The van der Waals surface area contributed by atoms with Gasteiger partial charge in [0, 0.05) is 12.6 Å². The molecule has 4 heteroatoms. The van der Waals surface area contributed by atoms with E-state index in [-0.39, 0.29) is 0 Å². The molecule has 0 radical (unpaired) electrons. The van der Waals surface area contributed by atoms with E-state index in [1.54, 1.807) is 0 Å². The van der Waals surface area contributed by atoms with Gasteiger partial charge >= 0.3 is 0 Å². The quantitative estimate of drug-likeness (QED) is 0.764. The normalized spacial score (nSPS) is 16.9. The summed E-state index contributed by atoms with van der Waals surface area (Å²) in [5.74, 6) is 1.81. The van der Waals surface area contributed by atoms with Crippen LogP contribution in [0.25, 0.3) is 11.2 Å². The fourth-order valence-corrected chi connectivity index (χ4v) is 1.92. The number of aromatic nitrogens is 3. The maximum absolute atomic E-state index is 4.48. The van der Waals surface area contributed by atoms with Gasteiger partial charge in [-0.05, 0) is 37.6 Å². The monoisotopic (exact) mass is 202 g/mol. The van der Waals surface area contributed by atoms with Crippen LogP contribution in [0.4, 0.5) is 0 Å². The number of pyridine rings is 1. The SMILES string of the molecule is Cc1cnc2nc(CC3CNC3)[nH]c2c1. The summed E-state index contributed by atoms with van der Waals surface area (Å²) in [5.41, 5.74) is 3.06. The van der Waals surface area contributed by atoms with Crippen molar-refractivity contribution < 1.29 is 0 Å². The van der Waals surface area contributed by atoms with Gasteiger partial charge in [-0.2, -0.15) is 0 Å². The topological polar surface area (TPSA) is 53.6 Å². The Morgan fingerprint density at radius 1 is 1.47 bits per heavy atom. The molecule has 1 fully saturated rings.